The van der Waals surface area contributed by atoms with Crippen LogP contribution in [0.15, 0.2) is 5.38 Å². The maximum absolute atomic E-state index is 6.06. The minimum absolute atomic E-state index is 0.180. The summed E-state index contributed by atoms with van der Waals surface area (Å²) in [7, 11) is 0. The number of hydrogen-bond acceptors (Lipinski definition) is 3. The first-order valence-corrected chi connectivity index (χ1v) is 6.87. The van der Waals surface area contributed by atoms with E-state index in [2.05, 4.69) is 15.7 Å². The number of alkyl halides is 1. The smallest absolute Gasteiger partial charge is 0.0897 e. The van der Waals surface area contributed by atoms with Gasteiger partial charge in [0.1, 0.15) is 0 Å². The number of aryl methyl sites for hydroxylation is 1. The fraction of sp³-hybridized carbons (Fsp3) is 0.727. The minimum Gasteiger partial charge on any atom is -0.304 e. The Balaban J connectivity index is 1.91. The van der Waals surface area contributed by atoms with Gasteiger partial charge in [0.15, 0.2) is 0 Å². The molecule has 0 unspecified atom stereocenters. The van der Waals surface area contributed by atoms with E-state index >= 15 is 0 Å². The maximum Gasteiger partial charge on any atom is 0.0897 e. The van der Waals surface area contributed by atoms with Gasteiger partial charge < -0.3 is 5.32 Å². The molecule has 0 spiro atoms. The first-order chi connectivity index (χ1) is 7.24. The zero-order valence-corrected chi connectivity index (χ0v) is 10.6. The van der Waals surface area contributed by atoms with Gasteiger partial charge in [-0.05, 0) is 19.8 Å². The summed E-state index contributed by atoms with van der Waals surface area (Å²) >= 11 is 7.77. The summed E-state index contributed by atoms with van der Waals surface area (Å²) in [5.74, 6) is 0.718. The molecule has 4 heteroatoms. The van der Waals surface area contributed by atoms with E-state index in [1.165, 1.54) is 25.7 Å². The summed E-state index contributed by atoms with van der Waals surface area (Å²) in [6.45, 7) is 2.90. The summed E-state index contributed by atoms with van der Waals surface area (Å²) in [6.07, 6.45) is 5.02. The van der Waals surface area contributed by atoms with Crippen LogP contribution in [0.2, 0.25) is 0 Å². The van der Waals surface area contributed by atoms with Gasteiger partial charge >= 0.3 is 0 Å². The number of nitrogens with zero attached hydrogens (tertiary/aromatic N) is 1. The molecule has 1 saturated carbocycles. The molecule has 1 aromatic rings. The molecule has 2 rings (SSSR count). The second kappa shape index (κ2) is 4.81. The van der Waals surface area contributed by atoms with Gasteiger partial charge in [0.25, 0.3) is 0 Å². The van der Waals surface area contributed by atoms with Gasteiger partial charge in [-0.25, -0.2) is 4.98 Å². The van der Waals surface area contributed by atoms with Crippen LogP contribution in [0.1, 0.15) is 36.4 Å². The Morgan fingerprint density at radius 1 is 1.53 bits per heavy atom. The first-order valence-electron chi connectivity index (χ1n) is 5.46. The van der Waals surface area contributed by atoms with Crippen molar-refractivity contribution in [1.29, 1.82) is 0 Å². The van der Waals surface area contributed by atoms with Gasteiger partial charge in [0.05, 0.1) is 10.7 Å². The summed E-state index contributed by atoms with van der Waals surface area (Å²) < 4.78 is 0. The van der Waals surface area contributed by atoms with Crippen LogP contribution in [0.25, 0.3) is 0 Å². The average molecular weight is 245 g/mol. The van der Waals surface area contributed by atoms with Crippen LogP contribution in [-0.2, 0) is 6.54 Å². The number of thiazole rings is 1. The van der Waals surface area contributed by atoms with Crippen molar-refractivity contribution in [2.75, 3.05) is 5.88 Å². The largest absolute Gasteiger partial charge is 0.304 e. The molecule has 0 radical (unpaired) electrons. The van der Waals surface area contributed by atoms with Gasteiger partial charge in [-0.1, -0.05) is 12.8 Å². The Labute approximate surface area is 100 Å². The molecule has 0 atom stereocenters. The number of halogens is 1. The molecule has 0 saturated heterocycles. The molecule has 1 N–H and O–H groups in total. The number of hydrogen-bond donors (Lipinski definition) is 1. The highest BCUT2D eigenvalue weighted by Crippen LogP contribution is 2.31. The van der Waals surface area contributed by atoms with E-state index in [-0.39, 0.29) is 5.54 Å². The molecular weight excluding hydrogens is 228 g/mol. The maximum atomic E-state index is 6.06. The van der Waals surface area contributed by atoms with Crippen molar-refractivity contribution in [3.8, 4) is 0 Å². The Kier molecular flexibility index (Phi) is 3.65. The molecular formula is C11H17ClN2S. The molecule has 1 aliphatic rings. The third-order valence-corrected chi connectivity index (χ3v) is 4.46. The van der Waals surface area contributed by atoms with Crippen LogP contribution in [0, 0.1) is 6.92 Å². The van der Waals surface area contributed by atoms with E-state index < -0.39 is 0 Å². The lowest BCUT2D eigenvalue weighted by atomic mass is 10.0. The molecule has 1 aliphatic carbocycles. The van der Waals surface area contributed by atoms with E-state index in [9.17, 15) is 0 Å². The Bertz CT molecular complexity index is 318. The fourth-order valence-corrected chi connectivity index (χ4v) is 3.15. The molecule has 15 heavy (non-hydrogen) atoms. The van der Waals surface area contributed by atoms with Crippen LogP contribution in [0.3, 0.4) is 0 Å². The Morgan fingerprint density at radius 2 is 2.27 bits per heavy atom. The third kappa shape index (κ3) is 2.71. The van der Waals surface area contributed by atoms with E-state index in [0.717, 1.165) is 23.1 Å². The average Bonchev–Trinajstić information content (AvgIpc) is 2.85. The van der Waals surface area contributed by atoms with E-state index in [1.807, 2.05) is 6.92 Å². The first kappa shape index (κ1) is 11.4. The lowest BCUT2D eigenvalue weighted by Gasteiger charge is -2.27. The summed E-state index contributed by atoms with van der Waals surface area (Å²) in [5.41, 5.74) is 1.33. The normalized spacial score (nSPS) is 19.6. The van der Waals surface area contributed by atoms with Crippen LogP contribution < -0.4 is 5.32 Å². The lowest BCUT2D eigenvalue weighted by Crippen LogP contribution is -2.43. The predicted octanol–water partition coefficient (Wildman–Crippen LogP) is 3.09. The SMILES string of the molecule is Cc1nc(CNC2(CCl)CCCC2)cs1. The zero-order chi connectivity index (χ0) is 10.7. The topological polar surface area (TPSA) is 24.9 Å². The second-order valence-electron chi connectivity index (χ2n) is 4.33. The zero-order valence-electron chi connectivity index (χ0n) is 9.05. The molecule has 1 aromatic heterocycles. The van der Waals surface area contributed by atoms with Crippen molar-refractivity contribution in [3.05, 3.63) is 16.1 Å². The summed E-state index contributed by atoms with van der Waals surface area (Å²) in [6, 6.07) is 0. The van der Waals surface area contributed by atoms with Crippen molar-refractivity contribution in [1.82, 2.24) is 10.3 Å². The van der Waals surface area contributed by atoms with Crippen LogP contribution >= 0.6 is 22.9 Å². The molecule has 0 amide bonds. The van der Waals surface area contributed by atoms with Crippen molar-refractivity contribution in [3.63, 3.8) is 0 Å². The minimum atomic E-state index is 0.180. The molecule has 2 nitrogen and oxygen atoms in total. The monoisotopic (exact) mass is 244 g/mol. The van der Waals surface area contributed by atoms with E-state index in [1.54, 1.807) is 11.3 Å². The van der Waals surface area contributed by atoms with Gasteiger partial charge in [-0.3, -0.25) is 0 Å². The molecule has 84 valence electrons. The quantitative estimate of drug-likeness (QED) is 0.824. The second-order valence-corrected chi connectivity index (χ2v) is 5.66. The van der Waals surface area contributed by atoms with Crippen molar-refractivity contribution in [2.45, 2.75) is 44.7 Å². The number of rotatable bonds is 4. The van der Waals surface area contributed by atoms with Crippen molar-refractivity contribution in [2.24, 2.45) is 0 Å². The van der Waals surface area contributed by atoms with Gasteiger partial charge in [-0.15, -0.1) is 22.9 Å². The highest BCUT2D eigenvalue weighted by molar-refractivity contribution is 7.09. The lowest BCUT2D eigenvalue weighted by molar-refractivity contribution is 0.366. The summed E-state index contributed by atoms with van der Waals surface area (Å²) in [4.78, 5) is 4.45. The van der Waals surface area contributed by atoms with Crippen molar-refractivity contribution < 1.29 is 0 Å². The standard InChI is InChI=1S/C11H17ClN2S/c1-9-14-10(7-15-9)6-13-11(8-12)4-2-3-5-11/h7,13H,2-6,8H2,1H3. The van der Waals surface area contributed by atoms with E-state index in [0.29, 0.717) is 0 Å². The Morgan fingerprint density at radius 3 is 2.80 bits per heavy atom. The molecule has 0 aliphatic heterocycles. The van der Waals surface area contributed by atoms with Crippen LogP contribution in [-0.4, -0.2) is 16.4 Å². The molecule has 0 bridgehead atoms. The van der Waals surface area contributed by atoms with Crippen LogP contribution in [0.4, 0.5) is 0 Å². The fourth-order valence-electron chi connectivity index (χ4n) is 2.18. The number of nitrogens with one attached hydrogen (secondary N) is 1. The van der Waals surface area contributed by atoms with Crippen LogP contribution in [0.5, 0.6) is 0 Å². The van der Waals surface area contributed by atoms with Gasteiger partial charge in [-0.2, -0.15) is 0 Å². The van der Waals surface area contributed by atoms with Crippen molar-refractivity contribution >= 4 is 22.9 Å². The molecule has 0 aromatic carbocycles. The van der Waals surface area contributed by atoms with E-state index in [4.69, 9.17) is 11.6 Å². The number of aromatic nitrogens is 1. The summed E-state index contributed by atoms with van der Waals surface area (Å²) in [5, 5.41) is 6.85. The van der Waals surface area contributed by atoms with Gasteiger partial charge in [0.2, 0.25) is 0 Å². The molecule has 1 fully saturated rings. The highest BCUT2D eigenvalue weighted by Gasteiger charge is 2.32. The highest BCUT2D eigenvalue weighted by atomic mass is 35.5. The Hall–Kier alpha value is -0.120. The predicted molar refractivity (Wildman–Crippen MR) is 65.6 cm³/mol. The van der Waals surface area contributed by atoms with Gasteiger partial charge in [0, 0.05) is 23.3 Å². The third-order valence-electron chi connectivity index (χ3n) is 3.13. The molecule has 1 heterocycles.